The maximum Gasteiger partial charge on any atom is 0.0630 e. The molecule has 2 rings (SSSR count). The van der Waals surface area contributed by atoms with Crippen molar-refractivity contribution >= 4 is 0 Å². The summed E-state index contributed by atoms with van der Waals surface area (Å²) in [6.45, 7) is 7.00. The molecular weight excluding hydrogens is 176 g/mol. The highest BCUT2D eigenvalue weighted by atomic mass is 16.3. The van der Waals surface area contributed by atoms with Crippen LogP contribution in [0.3, 0.4) is 0 Å². The fourth-order valence-corrected chi connectivity index (χ4v) is 4.04. The highest BCUT2D eigenvalue weighted by molar-refractivity contribution is 5.14. The Bertz CT molecular complexity index is 236. The lowest BCUT2D eigenvalue weighted by Gasteiger charge is -2.37. The molecule has 2 aliphatic carbocycles. The van der Waals surface area contributed by atoms with E-state index in [-0.39, 0.29) is 23.5 Å². The minimum absolute atomic E-state index is 0.0809. The van der Waals surface area contributed by atoms with Crippen molar-refractivity contribution in [1.29, 1.82) is 0 Å². The Morgan fingerprint density at radius 2 is 1.93 bits per heavy atom. The highest BCUT2D eigenvalue weighted by Gasteiger charge is 2.65. The summed E-state index contributed by atoms with van der Waals surface area (Å²) >= 11 is 0. The molecule has 0 aliphatic heterocycles. The second-order valence-electron chi connectivity index (χ2n) is 5.91. The molecule has 0 spiro atoms. The van der Waals surface area contributed by atoms with Gasteiger partial charge in [-0.15, -0.1) is 0 Å². The van der Waals surface area contributed by atoms with Gasteiger partial charge in [-0.3, -0.25) is 0 Å². The molecule has 0 aromatic rings. The van der Waals surface area contributed by atoms with E-state index in [0.29, 0.717) is 11.8 Å². The Balaban J connectivity index is 2.29. The molecule has 2 heteroatoms. The second kappa shape index (κ2) is 2.96. The third-order valence-electron chi connectivity index (χ3n) is 5.41. The van der Waals surface area contributed by atoms with E-state index < -0.39 is 0 Å². The van der Waals surface area contributed by atoms with Crippen LogP contribution in [-0.4, -0.2) is 22.9 Å². The van der Waals surface area contributed by atoms with Crippen molar-refractivity contribution in [1.82, 2.24) is 0 Å². The standard InChI is InChI=1S/C12H22O2/c1-11(2)9-4-6-12(11,3)10(14)8(9)5-7-13/h8-10,13-14H,4-7H2,1-3H3/t8-,9-,10-,12+/m1/s1. The summed E-state index contributed by atoms with van der Waals surface area (Å²) in [6.07, 6.45) is 2.94. The van der Waals surface area contributed by atoms with E-state index in [4.69, 9.17) is 5.11 Å². The van der Waals surface area contributed by atoms with Crippen LogP contribution in [0.1, 0.15) is 40.0 Å². The van der Waals surface area contributed by atoms with Gasteiger partial charge in [0.1, 0.15) is 0 Å². The molecule has 2 N–H and O–H groups in total. The fraction of sp³-hybridized carbons (Fsp3) is 1.00. The van der Waals surface area contributed by atoms with Gasteiger partial charge in [0, 0.05) is 6.61 Å². The Kier molecular flexibility index (Phi) is 2.20. The van der Waals surface area contributed by atoms with Crippen LogP contribution < -0.4 is 0 Å². The number of fused-ring (bicyclic) bond motifs is 2. The lowest BCUT2D eigenvalue weighted by atomic mass is 9.70. The predicted octanol–water partition coefficient (Wildman–Crippen LogP) is 1.80. The van der Waals surface area contributed by atoms with Crippen LogP contribution in [-0.2, 0) is 0 Å². The van der Waals surface area contributed by atoms with E-state index >= 15 is 0 Å². The van der Waals surface area contributed by atoms with E-state index in [0.717, 1.165) is 12.8 Å². The van der Waals surface area contributed by atoms with Gasteiger partial charge in [-0.25, -0.2) is 0 Å². The van der Waals surface area contributed by atoms with E-state index in [9.17, 15) is 5.11 Å². The monoisotopic (exact) mass is 198 g/mol. The topological polar surface area (TPSA) is 40.5 Å². The molecule has 0 aromatic heterocycles. The van der Waals surface area contributed by atoms with Crippen molar-refractivity contribution < 1.29 is 10.2 Å². The average molecular weight is 198 g/mol. The summed E-state index contributed by atoms with van der Waals surface area (Å²) in [6, 6.07) is 0. The lowest BCUT2D eigenvalue weighted by Crippen LogP contribution is -2.37. The zero-order chi connectivity index (χ0) is 10.6. The predicted molar refractivity (Wildman–Crippen MR) is 55.8 cm³/mol. The van der Waals surface area contributed by atoms with Crippen molar-refractivity contribution in [2.75, 3.05) is 6.61 Å². The first-order chi connectivity index (χ1) is 6.45. The van der Waals surface area contributed by atoms with E-state index in [1.165, 1.54) is 6.42 Å². The van der Waals surface area contributed by atoms with Crippen LogP contribution in [0.25, 0.3) is 0 Å². The summed E-state index contributed by atoms with van der Waals surface area (Å²) < 4.78 is 0. The largest absolute Gasteiger partial charge is 0.396 e. The smallest absolute Gasteiger partial charge is 0.0630 e. The molecule has 82 valence electrons. The second-order valence-corrected chi connectivity index (χ2v) is 5.91. The molecule has 0 amide bonds. The summed E-state index contributed by atoms with van der Waals surface area (Å²) in [7, 11) is 0. The average Bonchev–Trinajstić information content (AvgIpc) is 2.41. The van der Waals surface area contributed by atoms with Crippen LogP contribution in [0.15, 0.2) is 0 Å². The molecule has 0 radical (unpaired) electrons. The van der Waals surface area contributed by atoms with Crippen molar-refractivity contribution in [2.45, 2.75) is 46.1 Å². The molecule has 0 aromatic carbocycles. The minimum atomic E-state index is -0.205. The molecule has 2 bridgehead atoms. The maximum atomic E-state index is 10.3. The molecular formula is C12H22O2. The number of aliphatic hydroxyl groups is 2. The molecule has 2 fully saturated rings. The van der Waals surface area contributed by atoms with Gasteiger partial charge in [-0.1, -0.05) is 20.8 Å². The molecule has 14 heavy (non-hydrogen) atoms. The van der Waals surface area contributed by atoms with Crippen LogP contribution in [0, 0.1) is 22.7 Å². The number of aliphatic hydroxyl groups excluding tert-OH is 2. The highest BCUT2D eigenvalue weighted by Crippen LogP contribution is 2.68. The zero-order valence-corrected chi connectivity index (χ0v) is 9.45. The summed E-state index contributed by atoms with van der Waals surface area (Å²) in [4.78, 5) is 0. The molecule has 2 nitrogen and oxygen atoms in total. The van der Waals surface area contributed by atoms with Crippen LogP contribution in [0.4, 0.5) is 0 Å². The molecule has 0 heterocycles. The Hall–Kier alpha value is -0.0800. The van der Waals surface area contributed by atoms with Gasteiger partial charge in [0.15, 0.2) is 0 Å². The zero-order valence-electron chi connectivity index (χ0n) is 9.45. The third-order valence-corrected chi connectivity index (χ3v) is 5.41. The van der Waals surface area contributed by atoms with E-state index in [1.54, 1.807) is 0 Å². The van der Waals surface area contributed by atoms with Gasteiger partial charge in [-0.2, -0.15) is 0 Å². The third kappa shape index (κ3) is 0.989. The number of hydrogen-bond donors (Lipinski definition) is 2. The summed E-state index contributed by atoms with van der Waals surface area (Å²) in [5.41, 5.74) is 0.323. The van der Waals surface area contributed by atoms with Gasteiger partial charge < -0.3 is 10.2 Å². The van der Waals surface area contributed by atoms with Gasteiger partial charge in [0.2, 0.25) is 0 Å². The normalized spacial score (nSPS) is 49.9. The molecule has 0 saturated heterocycles. The van der Waals surface area contributed by atoms with E-state index in [2.05, 4.69) is 20.8 Å². The van der Waals surface area contributed by atoms with Crippen molar-refractivity contribution in [3.63, 3.8) is 0 Å². The Morgan fingerprint density at radius 3 is 2.36 bits per heavy atom. The van der Waals surface area contributed by atoms with Crippen LogP contribution in [0.2, 0.25) is 0 Å². The van der Waals surface area contributed by atoms with Gasteiger partial charge >= 0.3 is 0 Å². The van der Waals surface area contributed by atoms with Crippen molar-refractivity contribution in [2.24, 2.45) is 22.7 Å². The Labute approximate surface area is 86.3 Å². The quantitative estimate of drug-likeness (QED) is 0.710. The van der Waals surface area contributed by atoms with Gasteiger partial charge in [0.05, 0.1) is 6.10 Å². The Morgan fingerprint density at radius 1 is 1.29 bits per heavy atom. The lowest BCUT2D eigenvalue weighted by molar-refractivity contribution is -0.0154. The fourth-order valence-electron chi connectivity index (χ4n) is 4.04. The SMILES string of the molecule is CC1(C)[C@@H]2CC[C@@]1(C)[C@H](O)[C@@H]2CCO. The first-order valence-electron chi connectivity index (χ1n) is 5.74. The first-order valence-corrected chi connectivity index (χ1v) is 5.74. The number of hydrogen-bond acceptors (Lipinski definition) is 2. The molecule has 2 aliphatic rings. The molecule has 2 saturated carbocycles. The summed E-state index contributed by atoms with van der Waals surface area (Å²) in [5.74, 6) is 0.934. The minimum Gasteiger partial charge on any atom is -0.396 e. The van der Waals surface area contributed by atoms with E-state index in [1.807, 2.05) is 0 Å². The number of rotatable bonds is 2. The van der Waals surface area contributed by atoms with Crippen LogP contribution in [0.5, 0.6) is 0 Å². The van der Waals surface area contributed by atoms with Gasteiger partial charge in [0.25, 0.3) is 0 Å². The maximum absolute atomic E-state index is 10.3. The van der Waals surface area contributed by atoms with Gasteiger partial charge in [-0.05, 0) is 41.9 Å². The summed E-state index contributed by atoms with van der Waals surface area (Å²) in [5, 5.41) is 19.3. The molecule has 0 unspecified atom stereocenters. The van der Waals surface area contributed by atoms with Crippen molar-refractivity contribution in [3.8, 4) is 0 Å². The van der Waals surface area contributed by atoms with Crippen molar-refractivity contribution in [3.05, 3.63) is 0 Å². The first kappa shape index (κ1) is 10.4. The van der Waals surface area contributed by atoms with Crippen LogP contribution >= 0.6 is 0 Å². The molecule has 4 atom stereocenters.